The van der Waals surface area contributed by atoms with Gasteiger partial charge in [0.2, 0.25) is 0 Å². The maximum absolute atomic E-state index is 12.4. The molecule has 0 spiro atoms. The van der Waals surface area contributed by atoms with Crippen molar-refractivity contribution >= 4 is 12.1 Å². The molecular weight excluding hydrogens is 272 g/mol. The van der Waals surface area contributed by atoms with Crippen molar-refractivity contribution in [1.29, 1.82) is 0 Å². The first-order valence-electron chi connectivity index (χ1n) is 7.47. The number of hydrogen-bond acceptors (Lipinski definition) is 5. The smallest absolute Gasteiger partial charge is 0.410 e. The molecule has 0 aromatic carbocycles. The molecule has 6 heteroatoms. The monoisotopic (exact) mass is 298 g/mol. The minimum absolute atomic E-state index is 0.188. The lowest BCUT2D eigenvalue weighted by molar-refractivity contribution is -0.174. The van der Waals surface area contributed by atoms with E-state index in [1.165, 1.54) is 4.90 Å². The van der Waals surface area contributed by atoms with Gasteiger partial charge in [0.05, 0.1) is 6.10 Å². The van der Waals surface area contributed by atoms with Gasteiger partial charge in [0, 0.05) is 18.6 Å². The quantitative estimate of drug-likeness (QED) is 0.801. The van der Waals surface area contributed by atoms with Crippen LogP contribution in [0.15, 0.2) is 0 Å². The average Bonchev–Trinajstić information content (AvgIpc) is 2.91. The van der Waals surface area contributed by atoms with Crippen LogP contribution in [0, 0.1) is 5.41 Å². The third-order valence-electron chi connectivity index (χ3n) is 4.05. The van der Waals surface area contributed by atoms with Crippen LogP contribution < -0.4 is 5.73 Å². The van der Waals surface area contributed by atoms with Crippen LogP contribution in [0.3, 0.4) is 0 Å². The number of amides is 1. The number of carbonyl (C=O) groups excluding carboxylic acids is 2. The van der Waals surface area contributed by atoms with E-state index in [4.69, 9.17) is 15.2 Å². The fourth-order valence-electron chi connectivity index (χ4n) is 2.65. The Morgan fingerprint density at radius 3 is 2.10 bits per heavy atom. The Hall–Kier alpha value is -1.30. The van der Waals surface area contributed by atoms with Gasteiger partial charge in [-0.2, -0.15) is 0 Å². The molecule has 0 atom stereocenters. The van der Waals surface area contributed by atoms with Crippen molar-refractivity contribution < 1.29 is 19.1 Å². The van der Waals surface area contributed by atoms with Crippen LogP contribution in [0.4, 0.5) is 4.79 Å². The van der Waals surface area contributed by atoms with Gasteiger partial charge in [-0.25, -0.2) is 4.79 Å². The van der Waals surface area contributed by atoms with E-state index in [2.05, 4.69) is 0 Å². The summed E-state index contributed by atoms with van der Waals surface area (Å²) in [6.07, 6.45) is 0.997. The molecule has 1 saturated heterocycles. The minimum Gasteiger partial charge on any atom is -0.462 e. The van der Waals surface area contributed by atoms with Crippen LogP contribution in [0.25, 0.3) is 0 Å². The van der Waals surface area contributed by atoms with Crippen molar-refractivity contribution in [3.63, 3.8) is 0 Å². The molecule has 0 unspecified atom stereocenters. The summed E-state index contributed by atoms with van der Waals surface area (Å²) in [6.45, 7) is 9.63. The number of nitrogens with zero attached hydrogens (tertiary/aromatic N) is 1. The summed E-state index contributed by atoms with van der Waals surface area (Å²) in [4.78, 5) is 26.0. The number of hydrogen-bond donors (Lipinski definition) is 1. The van der Waals surface area contributed by atoms with E-state index in [0.29, 0.717) is 0 Å². The van der Waals surface area contributed by atoms with Crippen molar-refractivity contribution in [2.45, 2.75) is 64.7 Å². The fourth-order valence-corrected chi connectivity index (χ4v) is 2.65. The summed E-state index contributed by atoms with van der Waals surface area (Å²) in [7, 11) is 0. The zero-order valence-corrected chi connectivity index (χ0v) is 13.6. The standard InChI is InChI=1S/C15H26N2O4/c1-10(2)20-11(18)14(15(16)6-7-15)8-17(9-14)12(19)21-13(3,4)5/h10H,6-9,16H2,1-5H3. The second kappa shape index (κ2) is 4.87. The molecule has 0 aromatic heterocycles. The Kier molecular flexibility index (Phi) is 3.72. The zero-order chi connectivity index (χ0) is 16.1. The van der Waals surface area contributed by atoms with Crippen LogP contribution in [0.2, 0.25) is 0 Å². The summed E-state index contributed by atoms with van der Waals surface area (Å²) in [5.41, 5.74) is 4.43. The highest BCUT2D eigenvalue weighted by Gasteiger charge is 2.68. The molecule has 2 rings (SSSR count). The fraction of sp³-hybridized carbons (Fsp3) is 0.867. The normalized spacial score (nSPS) is 22.5. The highest BCUT2D eigenvalue weighted by molar-refractivity contribution is 5.84. The van der Waals surface area contributed by atoms with E-state index in [1.807, 2.05) is 34.6 Å². The lowest BCUT2D eigenvalue weighted by Gasteiger charge is -2.51. The summed E-state index contributed by atoms with van der Waals surface area (Å²) in [5, 5.41) is 0. The zero-order valence-electron chi connectivity index (χ0n) is 13.6. The molecule has 1 aliphatic heterocycles. The molecule has 0 bridgehead atoms. The molecule has 1 saturated carbocycles. The van der Waals surface area contributed by atoms with Gasteiger partial charge in [0.25, 0.3) is 0 Å². The maximum atomic E-state index is 12.4. The SMILES string of the molecule is CC(C)OC(=O)C1(C2(N)CC2)CN(C(=O)OC(C)(C)C)C1. The van der Waals surface area contributed by atoms with E-state index in [9.17, 15) is 9.59 Å². The number of esters is 1. The summed E-state index contributed by atoms with van der Waals surface area (Å²) in [5.74, 6) is -0.294. The van der Waals surface area contributed by atoms with Crippen LogP contribution >= 0.6 is 0 Å². The first-order chi connectivity index (χ1) is 9.49. The van der Waals surface area contributed by atoms with Crippen molar-refractivity contribution in [3.8, 4) is 0 Å². The largest absolute Gasteiger partial charge is 0.462 e. The van der Waals surface area contributed by atoms with E-state index >= 15 is 0 Å². The topological polar surface area (TPSA) is 81.9 Å². The summed E-state index contributed by atoms with van der Waals surface area (Å²) >= 11 is 0. The third-order valence-corrected chi connectivity index (χ3v) is 4.05. The molecule has 2 aliphatic rings. The lowest BCUT2D eigenvalue weighted by Crippen LogP contribution is -2.71. The van der Waals surface area contributed by atoms with Crippen LogP contribution in [-0.4, -0.2) is 47.3 Å². The third kappa shape index (κ3) is 3.00. The summed E-state index contributed by atoms with van der Waals surface area (Å²) in [6, 6.07) is 0. The van der Waals surface area contributed by atoms with Gasteiger partial charge < -0.3 is 20.1 Å². The van der Waals surface area contributed by atoms with Gasteiger partial charge in [-0.15, -0.1) is 0 Å². The van der Waals surface area contributed by atoms with E-state index < -0.39 is 22.6 Å². The second-order valence-corrected chi connectivity index (χ2v) is 7.53. The Labute approximate surface area is 125 Å². The highest BCUT2D eigenvalue weighted by atomic mass is 16.6. The number of ether oxygens (including phenoxy) is 2. The van der Waals surface area contributed by atoms with Crippen molar-refractivity contribution in [1.82, 2.24) is 4.90 Å². The van der Waals surface area contributed by atoms with Gasteiger partial charge in [-0.1, -0.05) is 0 Å². The van der Waals surface area contributed by atoms with Crippen LogP contribution in [0.1, 0.15) is 47.5 Å². The highest BCUT2D eigenvalue weighted by Crippen LogP contribution is 2.53. The molecule has 6 nitrogen and oxygen atoms in total. The van der Waals surface area contributed by atoms with Crippen molar-refractivity contribution in [3.05, 3.63) is 0 Å². The second-order valence-electron chi connectivity index (χ2n) is 7.53. The van der Waals surface area contributed by atoms with Crippen molar-refractivity contribution in [2.24, 2.45) is 11.1 Å². The lowest BCUT2D eigenvalue weighted by atomic mass is 9.71. The number of rotatable bonds is 3. The number of likely N-dealkylation sites (tertiary alicyclic amines) is 1. The first-order valence-corrected chi connectivity index (χ1v) is 7.47. The predicted molar refractivity (Wildman–Crippen MR) is 77.6 cm³/mol. The van der Waals surface area contributed by atoms with Gasteiger partial charge in [0.1, 0.15) is 11.0 Å². The molecule has 120 valence electrons. The van der Waals surface area contributed by atoms with Gasteiger partial charge in [-0.05, 0) is 47.5 Å². The molecule has 0 aromatic rings. The molecule has 1 amide bonds. The molecule has 2 fully saturated rings. The molecule has 0 radical (unpaired) electrons. The Morgan fingerprint density at radius 2 is 1.71 bits per heavy atom. The van der Waals surface area contributed by atoms with Crippen LogP contribution in [0.5, 0.6) is 0 Å². The minimum atomic E-state index is -0.770. The molecule has 21 heavy (non-hydrogen) atoms. The van der Waals surface area contributed by atoms with Crippen molar-refractivity contribution in [2.75, 3.05) is 13.1 Å². The molecule has 2 N–H and O–H groups in total. The Morgan fingerprint density at radius 1 is 1.19 bits per heavy atom. The summed E-state index contributed by atoms with van der Waals surface area (Å²) < 4.78 is 10.7. The maximum Gasteiger partial charge on any atom is 0.410 e. The van der Waals surface area contributed by atoms with E-state index in [-0.39, 0.29) is 25.2 Å². The van der Waals surface area contributed by atoms with Gasteiger partial charge in [0.15, 0.2) is 0 Å². The predicted octanol–water partition coefficient (Wildman–Crippen LogP) is 1.67. The molecular formula is C15H26N2O4. The Balaban J connectivity index is 2.04. The van der Waals surface area contributed by atoms with E-state index in [0.717, 1.165) is 12.8 Å². The Bertz CT molecular complexity index is 443. The van der Waals surface area contributed by atoms with E-state index in [1.54, 1.807) is 0 Å². The molecule has 1 aliphatic carbocycles. The average molecular weight is 298 g/mol. The number of carbonyl (C=O) groups is 2. The first kappa shape index (κ1) is 16.1. The van der Waals surface area contributed by atoms with Gasteiger partial charge in [-0.3, -0.25) is 4.79 Å². The molecule has 1 heterocycles. The van der Waals surface area contributed by atoms with Crippen LogP contribution in [-0.2, 0) is 14.3 Å². The van der Waals surface area contributed by atoms with Gasteiger partial charge >= 0.3 is 12.1 Å². The number of nitrogens with two attached hydrogens (primary N) is 1.